The van der Waals surface area contributed by atoms with Crippen LogP contribution in [0.3, 0.4) is 0 Å². The Bertz CT molecular complexity index is 1110. The molecule has 0 radical (unpaired) electrons. The highest BCUT2D eigenvalue weighted by atomic mass is 32.2. The Morgan fingerprint density at radius 3 is 2.39 bits per heavy atom. The molecule has 4 rings (SSSR count). The molecule has 2 aromatic carbocycles. The number of benzene rings is 2. The molecule has 1 aromatic heterocycles. The zero-order valence-electron chi connectivity index (χ0n) is 15.6. The molecule has 1 aliphatic heterocycles. The summed E-state index contributed by atoms with van der Waals surface area (Å²) < 4.78 is 32.7. The first kappa shape index (κ1) is 18.7. The molecule has 0 atom stereocenters. The standard InChI is InChI=1S/C21H22N2O4S/c1-27-16-7-5-15(6-8-16)21-19(14-24)18-13-17(9-10-20(18)22-21)28(25,26)23-11-3-2-4-12-23/h5-10,13-14,22H,2-4,11-12H2,1H3. The fourth-order valence-corrected chi connectivity index (χ4v) is 5.26. The number of carbonyl (C=O) groups is 1. The molecule has 146 valence electrons. The van der Waals surface area contributed by atoms with Gasteiger partial charge in [-0.05, 0) is 60.9 Å². The van der Waals surface area contributed by atoms with Crippen molar-refractivity contribution in [3.05, 3.63) is 48.0 Å². The summed E-state index contributed by atoms with van der Waals surface area (Å²) in [4.78, 5) is 15.3. The predicted octanol–water partition coefficient (Wildman–Crippen LogP) is 3.83. The number of piperidine rings is 1. The first-order valence-electron chi connectivity index (χ1n) is 9.30. The molecular formula is C21H22N2O4S. The normalized spacial score (nSPS) is 15.6. The van der Waals surface area contributed by atoms with Crippen LogP contribution in [0.2, 0.25) is 0 Å². The number of aromatic nitrogens is 1. The highest BCUT2D eigenvalue weighted by Crippen LogP contribution is 2.32. The van der Waals surface area contributed by atoms with Crippen molar-refractivity contribution >= 4 is 27.2 Å². The third kappa shape index (κ3) is 3.21. The Morgan fingerprint density at radius 2 is 1.75 bits per heavy atom. The van der Waals surface area contributed by atoms with Crippen LogP contribution in [-0.4, -0.2) is 44.2 Å². The number of nitrogens with zero attached hydrogens (tertiary/aromatic N) is 1. The van der Waals surface area contributed by atoms with Gasteiger partial charge >= 0.3 is 0 Å². The van der Waals surface area contributed by atoms with Crippen LogP contribution in [0.15, 0.2) is 47.4 Å². The number of hydrogen-bond acceptors (Lipinski definition) is 4. The lowest BCUT2D eigenvalue weighted by atomic mass is 10.1. The molecule has 0 unspecified atom stereocenters. The van der Waals surface area contributed by atoms with E-state index in [1.807, 2.05) is 24.3 Å². The van der Waals surface area contributed by atoms with E-state index in [0.717, 1.165) is 42.4 Å². The van der Waals surface area contributed by atoms with Gasteiger partial charge in [0.15, 0.2) is 6.29 Å². The Labute approximate surface area is 164 Å². The molecule has 0 spiro atoms. The summed E-state index contributed by atoms with van der Waals surface area (Å²) in [7, 11) is -1.96. The lowest BCUT2D eigenvalue weighted by Gasteiger charge is -2.25. The van der Waals surface area contributed by atoms with E-state index in [9.17, 15) is 13.2 Å². The van der Waals surface area contributed by atoms with Gasteiger partial charge in [0.05, 0.1) is 17.7 Å². The first-order chi connectivity index (χ1) is 13.5. The fraction of sp³-hybridized carbons (Fsp3) is 0.286. The Balaban J connectivity index is 1.80. The van der Waals surface area contributed by atoms with E-state index < -0.39 is 10.0 Å². The van der Waals surface area contributed by atoms with Crippen molar-refractivity contribution in [3.63, 3.8) is 0 Å². The SMILES string of the molecule is COc1ccc(-c2[nH]c3ccc(S(=O)(=O)N4CCCCC4)cc3c2C=O)cc1. The Morgan fingerprint density at radius 1 is 1.04 bits per heavy atom. The van der Waals surface area contributed by atoms with Gasteiger partial charge in [-0.15, -0.1) is 0 Å². The maximum absolute atomic E-state index is 13.0. The maximum atomic E-state index is 13.0. The summed E-state index contributed by atoms with van der Waals surface area (Å²) in [6.45, 7) is 1.09. The summed E-state index contributed by atoms with van der Waals surface area (Å²) in [5.41, 5.74) is 2.68. The second kappa shape index (κ2) is 7.41. The van der Waals surface area contributed by atoms with Crippen LogP contribution in [0.1, 0.15) is 29.6 Å². The third-order valence-electron chi connectivity index (χ3n) is 5.26. The molecule has 2 heterocycles. The van der Waals surface area contributed by atoms with E-state index in [1.54, 1.807) is 25.3 Å². The van der Waals surface area contributed by atoms with Crippen LogP contribution in [0, 0.1) is 0 Å². The van der Waals surface area contributed by atoms with E-state index in [0.29, 0.717) is 29.7 Å². The van der Waals surface area contributed by atoms with Gasteiger partial charge in [-0.2, -0.15) is 4.31 Å². The van der Waals surface area contributed by atoms with Crippen LogP contribution >= 0.6 is 0 Å². The van der Waals surface area contributed by atoms with E-state index in [1.165, 1.54) is 4.31 Å². The molecule has 0 saturated carbocycles. The number of H-pyrrole nitrogens is 1. The second-order valence-electron chi connectivity index (χ2n) is 6.93. The number of sulfonamides is 1. The van der Waals surface area contributed by atoms with Crippen molar-refractivity contribution in [1.29, 1.82) is 0 Å². The molecule has 0 aliphatic carbocycles. The monoisotopic (exact) mass is 398 g/mol. The second-order valence-corrected chi connectivity index (χ2v) is 8.87. The minimum atomic E-state index is -3.56. The van der Waals surface area contributed by atoms with Crippen molar-refractivity contribution in [3.8, 4) is 17.0 Å². The van der Waals surface area contributed by atoms with Gasteiger partial charge in [0, 0.05) is 29.6 Å². The van der Waals surface area contributed by atoms with Gasteiger partial charge in [0.25, 0.3) is 0 Å². The number of methoxy groups -OCH3 is 1. The topological polar surface area (TPSA) is 79.5 Å². The fourth-order valence-electron chi connectivity index (χ4n) is 3.71. The predicted molar refractivity (Wildman–Crippen MR) is 108 cm³/mol. The average molecular weight is 398 g/mol. The molecule has 1 N–H and O–H groups in total. The summed E-state index contributed by atoms with van der Waals surface area (Å²) in [5.74, 6) is 0.724. The van der Waals surface area contributed by atoms with Crippen LogP contribution < -0.4 is 4.74 Å². The summed E-state index contributed by atoms with van der Waals surface area (Å²) in [6, 6.07) is 12.3. The minimum absolute atomic E-state index is 0.227. The number of aromatic amines is 1. The lowest BCUT2D eigenvalue weighted by Crippen LogP contribution is -2.35. The number of fused-ring (bicyclic) bond motifs is 1. The Hall–Kier alpha value is -2.64. The van der Waals surface area contributed by atoms with E-state index in [-0.39, 0.29) is 4.90 Å². The van der Waals surface area contributed by atoms with Gasteiger partial charge in [-0.3, -0.25) is 4.79 Å². The molecule has 3 aromatic rings. The largest absolute Gasteiger partial charge is 0.497 e. The molecular weight excluding hydrogens is 376 g/mol. The first-order valence-corrected chi connectivity index (χ1v) is 10.7. The molecule has 1 aliphatic rings. The maximum Gasteiger partial charge on any atom is 0.243 e. The van der Waals surface area contributed by atoms with Crippen molar-refractivity contribution in [2.24, 2.45) is 0 Å². The zero-order valence-corrected chi connectivity index (χ0v) is 16.5. The number of rotatable bonds is 5. The minimum Gasteiger partial charge on any atom is -0.497 e. The third-order valence-corrected chi connectivity index (χ3v) is 7.15. The molecule has 7 heteroatoms. The smallest absolute Gasteiger partial charge is 0.243 e. The van der Waals surface area contributed by atoms with Gasteiger partial charge in [0.2, 0.25) is 10.0 Å². The van der Waals surface area contributed by atoms with Crippen LogP contribution in [0.5, 0.6) is 5.75 Å². The van der Waals surface area contributed by atoms with E-state index in [2.05, 4.69) is 4.98 Å². The van der Waals surface area contributed by atoms with Gasteiger partial charge in [0.1, 0.15) is 5.75 Å². The van der Waals surface area contributed by atoms with Crippen LogP contribution in [0.4, 0.5) is 0 Å². The number of ether oxygens (including phenoxy) is 1. The molecule has 0 bridgehead atoms. The average Bonchev–Trinajstić information content (AvgIpc) is 3.12. The molecule has 0 amide bonds. The van der Waals surface area contributed by atoms with Gasteiger partial charge in [-0.25, -0.2) is 8.42 Å². The van der Waals surface area contributed by atoms with Gasteiger partial charge in [-0.1, -0.05) is 6.42 Å². The summed E-state index contributed by atoms with van der Waals surface area (Å²) >= 11 is 0. The van der Waals surface area contributed by atoms with Gasteiger partial charge < -0.3 is 9.72 Å². The number of hydrogen-bond donors (Lipinski definition) is 1. The molecule has 1 saturated heterocycles. The molecule has 1 fully saturated rings. The number of nitrogens with one attached hydrogen (secondary N) is 1. The Kier molecular flexibility index (Phi) is 4.95. The van der Waals surface area contributed by atoms with Crippen molar-refractivity contribution < 1.29 is 17.9 Å². The summed E-state index contributed by atoms with van der Waals surface area (Å²) in [6.07, 6.45) is 3.60. The van der Waals surface area contributed by atoms with E-state index >= 15 is 0 Å². The molecule has 28 heavy (non-hydrogen) atoms. The van der Waals surface area contributed by atoms with Crippen molar-refractivity contribution in [1.82, 2.24) is 9.29 Å². The highest BCUT2D eigenvalue weighted by Gasteiger charge is 2.26. The van der Waals surface area contributed by atoms with E-state index in [4.69, 9.17) is 4.74 Å². The quantitative estimate of drug-likeness (QED) is 0.663. The molecule has 6 nitrogen and oxygen atoms in total. The van der Waals surface area contributed by atoms with Crippen molar-refractivity contribution in [2.45, 2.75) is 24.2 Å². The number of carbonyl (C=O) groups excluding carboxylic acids is 1. The lowest BCUT2D eigenvalue weighted by molar-refractivity contribution is 0.112. The van der Waals surface area contributed by atoms with Crippen LogP contribution in [0.25, 0.3) is 22.2 Å². The van der Waals surface area contributed by atoms with Crippen LogP contribution in [-0.2, 0) is 10.0 Å². The zero-order chi connectivity index (χ0) is 19.7. The van der Waals surface area contributed by atoms with Crippen molar-refractivity contribution in [2.75, 3.05) is 20.2 Å². The highest BCUT2D eigenvalue weighted by molar-refractivity contribution is 7.89. The number of aldehydes is 1. The summed E-state index contributed by atoms with van der Waals surface area (Å²) in [5, 5.41) is 0.610.